The van der Waals surface area contributed by atoms with Crippen molar-refractivity contribution in [3.05, 3.63) is 108 Å². The normalized spacial score (nSPS) is 17.7. The van der Waals surface area contributed by atoms with Crippen molar-refractivity contribution >= 4 is 28.5 Å². The van der Waals surface area contributed by atoms with Crippen LogP contribution in [0.1, 0.15) is 30.5 Å². The van der Waals surface area contributed by atoms with E-state index in [4.69, 9.17) is 19.0 Å². The van der Waals surface area contributed by atoms with Crippen LogP contribution in [0.15, 0.2) is 91.0 Å². The number of amides is 2. The molecule has 0 aliphatic carbocycles. The minimum Gasteiger partial charge on any atom is -0.443 e. The largest absolute Gasteiger partial charge is 0.508 e. The fourth-order valence-corrected chi connectivity index (χ4v) is 5.59. The Bertz CT molecular complexity index is 1490. The second kappa shape index (κ2) is 14.1. The molecule has 1 heterocycles. The van der Waals surface area contributed by atoms with Crippen molar-refractivity contribution in [2.45, 2.75) is 51.9 Å². The van der Waals surface area contributed by atoms with Gasteiger partial charge < -0.3 is 14.2 Å². The maximum atomic E-state index is 13.3. The van der Waals surface area contributed by atoms with Crippen LogP contribution < -0.4 is 0 Å². The maximum absolute atomic E-state index is 13.3. The summed E-state index contributed by atoms with van der Waals surface area (Å²) >= 11 is 0. The van der Waals surface area contributed by atoms with Gasteiger partial charge in [0.2, 0.25) is 5.91 Å². The quantitative estimate of drug-likeness (QED) is 0.134. The first-order valence-electron chi connectivity index (χ1n) is 13.4. The molecule has 228 valence electrons. The third-order valence-electron chi connectivity index (χ3n) is 6.75. The van der Waals surface area contributed by atoms with E-state index in [9.17, 15) is 27.4 Å². The minimum absolute atomic E-state index is 0.00103. The number of rotatable bonds is 12. The smallest absolute Gasteiger partial charge is 0.443 e. The molecule has 0 saturated carbocycles. The Balaban J connectivity index is 1.45. The Morgan fingerprint density at radius 2 is 1.33 bits per heavy atom. The average Bonchev–Trinajstić information content (AvgIpc) is 2.97. The molecule has 0 radical (unpaired) electrons. The number of hydrogen-bond donors (Lipinski definition) is 1. The van der Waals surface area contributed by atoms with Gasteiger partial charge in [-0.1, -0.05) is 91.0 Å². The molecule has 0 spiro atoms. The summed E-state index contributed by atoms with van der Waals surface area (Å²) in [6, 6.07) is 25.5. The lowest BCUT2D eigenvalue weighted by Crippen LogP contribution is -2.70. The SMILES string of the molecule is C[C@H](OC(=O)N(Cc1ccccc1)OCc1ccccc1)[C@@H]1[C@@H]([C@@H](C)OC(=O)OCc2ccccc2)C(=O)N1S(=O)(=O)O. The summed E-state index contributed by atoms with van der Waals surface area (Å²) in [4.78, 5) is 44.2. The Morgan fingerprint density at radius 3 is 1.86 bits per heavy atom. The van der Waals surface area contributed by atoms with Crippen LogP contribution in [0, 0.1) is 5.92 Å². The van der Waals surface area contributed by atoms with Gasteiger partial charge >= 0.3 is 22.6 Å². The number of ether oxygens (including phenoxy) is 3. The van der Waals surface area contributed by atoms with E-state index in [1.54, 1.807) is 54.6 Å². The van der Waals surface area contributed by atoms with E-state index in [1.165, 1.54) is 13.8 Å². The molecule has 3 aromatic carbocycles. The fraction of sp³-hybridized carbons (Fsp3) is 0.300. The molecule has 0 unspecified atom stereocenters. The predicted octanol–water partition coefficient (Wildman–Crippen LogP) is 4.52. The minimum atomic E-state index is -5.03. The van der Waals surface area contributed by atoms with Crippen molar-refractivity contribution in [1.82, 2.24) is 9.37 Å². The summed E-state index contributed by atoms with van der Waals surface area (Å²) in [5.74, 6) is -2.29. The van der Waals surface area contributed by atoms with Gasteiger partial charge in [0.05, 0.1) is 6.54 Å². The summed E-state index contributed by atoms with van der Waals surface area (Å²) in [5, 5.41) is 0.979. The number of nitrogens with zero attached hydrogens (tertiary/aromatic N) is 2. The summed E-state index contributed by atoms with van der Waals surface area (Å²) < 4.78 is 50.0. The molecule has 0 aromatic heterocycles. The van der Waals surface area contributed by atoms with E-state index in [2.05, 4.69) is 0 Å². The van der Waals surface area contributed by atoms with Crippen molar-refractivity contribution in [3.8, 4) is 0 Å². The first-order valence-corrected chi connectivity index (χ1v) is 14.8. The van der Waals surface area contributed by atoms with Gasteiger partial charge in [-0.15, -0.1) is 0 Å². The Morgan fingerprint density at radius 1 is 0.814 bits per heavy atom. The van der Waals surface area contributed by atoms with Crippen LogP contribution in [0.25, 0.3) is 0 Å². The molecule has 1 saturated heterocycles. The van der Waals surface area contributed by atoms with E-state index in [0.717, 1.165) is 16.2 Å². The molecule has 13 heteroatoms. The zero-order valence-corrected chi connectivity index (χ0v) is 24.3. The number of hydrogen-bond acceptors (Lipinski definition) is 9. The van der Waals surface area contributed by atoms with Crippen LogP contribution in [0.4, 0.5) is 9.59 Å². The third-order valence-corrected chi connectivity index (χ3v) is 7.67. The van der Waals surface area contributed by atoms with E-state index >= 15 is 0 Å². The summed E-state index contributed by atoms with van der Waals surface area (Å²) in [6.45, 7) is 2.69. The lowest BCUT2D eigenvalue weighted by Gasteiger charge is -2.48. The van der Waals surface area contributed by atoms with Crippen LogP contribution in [0.5, 0.6) is 0 Å². The summed E-state index contributed by atoms with van der Waals surface area (Å²) in [5.41, 5.74) is 2.22. The topological polar surface area (TPSA) is 149 Å². The summed E-state index contributed by atoms with van der Waals surface area (Å²) in [7, 11) is -5.03. The molecule has 3 aromatic rings. The zero-order chi connectivity index (χ0) is 31.0. The molecular weight excluding hydrogens is 580 g/mol. The number of benzene rings is 3. The highest BCUT2D eigenvalue weighted by Crippen LogP contribution is 2.36. The van der Waals surface area contributed by atoms with E-state index in [-0.39, 0.29) is 24.1 Å². The molecule has 1 fully saturated rings. The first kappa shape index (κ1) is 31.5. The van der Waals surface area contributed by atoms with Crippen molar-refractivity contribution in [2.24, 2.45) is 5.92 Å². The van der Waals surface area contributed by atoms with Crippen molar-refractivity contribution in [3.63, 3.8) is 0 Å². The maximum Gasteiger partial charge on any atom is 0.508 e. The first-order chi connectivity index (χ1) is 20.5. The Kier molecular flexibility index (Phi) is 10.3. The Labute approximate surface area is 249 Å². The lowest BCUT2D eigenvalue weighted by atomic mass is 9.83. The van der Waals surface area contributed by atoms with Crippen LogP contribution in [0.3, 0.4) is 0 Å². The van der Waals surface area contributed by atoms with Gasteiger partial charge in [0.25, 0.3) is 0 Å². The second-order valence-electron chi connectivity index (χ2n) is 9.85. The standard InChI is InChI=1S/C30H32N2O10S/c1-21(42-30(35)39-19-24-14-8-4-9-15-24)26-27(32(28(26)33)43(36,37)38)22(2)41-29(34)31(18-23-12-6-3-7-13-23)40-20-25-16-10-5-11-17-25/h3-17,21-22,26-27H,18-20H2,1-2H3,(H,36,37,38)/t21-,22+,26-,27-/m1/s1. The van der Waals surface area contributed by atoms with Gasteiger partial charge in [0.15, 0.2) is 0 Å². The number of hydroxylamine groups is 2. The monoisotopic (exact) mass is 612 g/mol. The van der Waals surface area contributed by atoms with Crippen LogP contribution in [0.2, 0.25) is 0 Å². The molecule has 1 aliphatic heterocycles. The predicted molar refractivity (Wildman–Crippen MR) is 152 cm³/mol. The third kappa shape index (κ3) is 8.31. The molecule has 4 atom stereocenters. The van der Waals surface area contributed by atoms with Gasteiger partial charge in [0, 0.05) is 0 Å². The van der Waals surface area contributed by atoms with Gasteiger partial charge in [0.1, 0.15) is 37.4 Å². The van der Waals surface area contributed by atoms with Gasteiger partial charge in [-0.3, -0.25) is 14.2 Å². The molecule has 2 amide bonds. The van der Waals surface area contributed by atoms with Gasteiger partial charge in [-0.2, -0.15) is 13.5 Å². The Hall–Kier alpha value is -4.46. The van der Waals surface area contributed by atoms with Crippen molar-refractivity contribution in [2.75, 3.05) is 0 Å². The number of carbonyl (C=O) groups excluding carboxylic acids is 3. The van der Waals surface area contributed by atoms with Crippen molar-refractivity contribution in [1.29, 1.82) is 0 Å². The molecule has 43 heavy (non-hydrogen) atoms. The second-order valence-corrected chi connectivity index (χ2v) is 11.1. The van der Waals surface area contributed by atoms with Crippen LogP contribution in [-0.2, 0) is 53.9 Å². The molecular formula is C30H32N2O10S. The average molecular weight is 613 g/mol. The molecule has 4 rings (SSSR count). The van der Waals surface area contributed by atoms with Gasteiger partial charge in [-0.25, -0.2) is 13.9 Å². The van der Waals surface area contributed by atoms with Crippen molar-refractivity contribution < 1.29 is 46.4 Å². The number of carbonyl (C=O) groups is 3. The molecule has 12 nitrogen and oxygen atoms in total. The molecule has 1 aliphatic rings. The van der Waals surface area contributed by atoms with Crippen LogP contribution >= 0.6 is 0 Å². The highest BCUT2D eigenvalue weighted by Gasteiger charge is 2.59. The molecule has 1 N–H and O–H groups in total. The highest BCUT2D eigenvalue weighted by atomic mass is 32.2. The molecule has 0 bridgehead atoms. The van der Waals surface area contributed by atoms with E-state index in [1.807, 2.05) is 36.4 Å². The zero-order valence-electron chi connectivity index (χ0n) is 23.5. The number of β-lactam (4-membered cyclic amide) rings is 1. The lowest BCUT2D eigenvalue weighted by molar-refractivity contribution is -0.174. The van der Waals surface area contributed by atoms with Crippen LogP contribution in [-0.4, -0.2) is 58.7 Å². The highest BCUT2D eigenvalue weighted by molar-refractivity contribution is 7.84. The van der Waals surface area contributed by atoms with E-state index in [0.29, 0.717) is 5.56 Å². The fourth-order valence-electron chi connectivity index (χ4n) is 4.63. The summed E-state index contributed by atoms with van der Waals surface area (Å²) in [6.07, 6.45) is -4.51. The van der Waals surface area contributed by atoms with E-state index < -0.39 is 52.6 Å². The van der Waals surface area contributed by atoms with Gasteiger partial charge in [-0.05, 0) is 30.5 Å².